The van der Waals surface area contributed by atoms with Crippen molar-refractivity contribution in [2.45, 2.75) is 77.9 Å². The van der Waals surface area contributed by atoms with E-state index in [1.54, 1.807) is 43.3 Å². The fourth-order valence-corrected chi connectivity index (χ4v) is 5.81. The molecule has 3 aromatic carbocycles. The first-order valence-corrected chi connectivity index (χ1v) is 15.1. The normalized spacial score (nSPS) is 12.5. The van der Waals surface area contributed by atoms with Gasteiger partial charge in [0.2, 0.25) is 11.8 Å². The molecule has 0 fully saturated rings. The van der Waals surface area contributed by atoms with Gasteiger partial charge in [0.1, 0.15) is 18.4 Å². The van der Waals surface area contributed by atoms with Crippen LogP contribution in [0.4, 0.5) is 10.1 Å². The van der Waals surface area contributed by atoms with E-state index in [0.29, 0.717) is 17.7 Å². The van der Waals surface area contributed by atoms with Crippen molar-refractivity contribution in [2.75, 3.05) is 10.8 Å². The summed E-state index contributed by atoms with van der Waals surface area (Å²) in [5, 5.41) is 2.94. The summed E-state index contributed by atoms with van der Waals surface area (Å²) in [6.07, 6.45) is 0.295. The predicted molar refractivity (Wildman–Crippen MR) is 161 cm³/mol. The van der Waals surface area contributed by atoms with Crippen LogP contribution in [0.2, 0.25) is 0 Å². The fourth-order valence-electron chi connectivity index (χ4n) is 4.41. The van der Waals surface area contributed by atoms with Crippen LogP contribution in [0.1, 0.15) is 56.4 Å². The molecule has 0 bridgehead atoms. The van der Waals surface area contributed by atoms with Gasteiger partial charge in [0.15, 0.2) is 0 Å². The largest absolute Gasteiger partial charge is 0.350 e. The highest BCUT2D eigenvalue weighted by atomic mass is 32.2. The van der Waals surface area contributed by atoms with Crippen molar-refractivity contribution < 1.29 is 22.4 Å². The van der Waals surface area contributed by atoms with Crippen LogP contribution in [0, 0.1) is 26.6 Å². The molecule has 1 N–H and O–H groups in total. The van der Waals surface area contributed by atoms with Crippen LogP contribution in [0.5, 0.6) is 0 Å². The molecule has 41 heavy (non-hydrogen) atoms. The molecule has 7 nitrogen and oxygen atoms in total. The van der Waals surface area contributed by atoms with Gasteiger partial charge < -0.3 is 10.2 Å². The number of sulfonamides is 1. The van der Waals surface area contributed by atoms with Gasteiger partial charge in [-0.1, -0.05) is 42.8 Å². The molecule has 0 heterocycles. The summed E-state index contributed by atoms with van der Waals surface area (Å²) in [5.74, 6) is -1.33. The summed E-state index contributed by atoms with van der Waals surface area (Å²) in [6.45, 7) is 12.5. The monoisotopic (exact) mass is 581 g/mol. The Labute approximate surface area is 243 Å². The van der Waals surface area contributed by atoms with E-state index in [1.165, 1.54) is 29.2 Å². The minimum absolute atomic E-state index is 0.000524. The van der Waals surface area contributed by atoms with Crippen molar-refractivity contribution in [1.29, 1.82) is 0 Å². The van der Waals surface area contributed by atoms with Crippen molar-refractivity contribution in [3.8, 4) is 0 Å². The Morgan fingerprint density at radius 2 is 1.51 bits per heavy atom. The van der Waals surface area contributed by atoms with Gasteiger partial charge in [-0.25, -0.2) is 12.8 Å². The molecule has 1 atom stereocenters. The third-order valence-electron chi connectivity index (χ3n) is 6.82. The number of aryl methyl sites for hydroxylation is 3. The number of anilines is 1. The number of carbonyl (C=O) groups is 2. The Kier molecular flexibility index (Phi) is 9.97. The van der Waals surface area contributed by atoms with E-state index in [0.717, 1.165) is 21.0 Å². The molecule has 1 unspecified atom stereocenters. The summed E-state index contributed by atoms with van der Waals surface area (Å²) in [4.78, 5) is 28.9. The van der Waals surface area contributed by atoms with Gasteiger partial charge in [0.05, 0.1) is 10.6 Å². The van der Waals surface area contributed by atoms with Crippen molar-refractivity contribution in [2.24, 2.45) is 0 Å². The van der Waals surface area contributed by atoms with Gasteiger partial charge in [-0.05, 0) is 101 Å². The van der Waals surface area contributed by atoms with Gasteiger partial charge in [0, 0.05) is 12.1 Å². The lowest BCUT2D eigenvalue weighted by Gasteiger charge is -2.35. The number of carbonyl (C=O) groups excluding carboxylic acids is 2. The second kappa shape index (κ2) is 12.9. The Hall–Kier alpha value is -3.72. The highest BCUT2D eigenvalue weighted by Crippen LogP contribution is 2.27. The van der Waals surface area contributed by atoms with E-state index in [1.807, 2.05) is 47.6 Å². The smallest absolute Gasteiger partial charge is 0.264 e. The van der Waals surface area contributed by atoms with Gasteiger partial charge in [-0.2, -0.15) is 0 Å². The Balaban J connectivity index is 2.09. The zero-order valence-corrected chi connectivity index (χ0v) is 25.7. The third-order valence-corrected chi connectivity index (χ3v) is 8.60. The molecule has 0 saturated carbocycles. The van der Waals surface area contributed by atoms with Gasteiger partial charge in [-0.15, -0.1) is 0 Å². The molecule has 9 heteroatoms. The molecule has 0 radical (unpaired) electrons. The molecular formula is C32H40FN3O4S. The first-order valence-electron chi connectivity index (χ1n) is 13.6. The standard InChI is InChI=1S/C32H40FN3O4S/c1-8-29(31(38)34-32(5,6)7)35(20-25-12-14-26(33)15-13-25)30(37)21-36(27-16-11-23(3)24(4)19-27)41(39,40)28-17-9-22(2)10-18-28/h9-19,29H,8,20-21H2,1-7H3,(H,34,38). The van der Waals surface area contributed by atoms with Crippen LogP contribution in [-0.2, 0) is 26.2 Å². The summed E-state index contributed by atoms with van der Waals surface area (Å²) < 4.78 is 42.7. The van der Waals surface area contributed by atoms with Crippen molar-refractivity contribution in [3.63, 3.8) is 0 Å². The van der Waals surface area contributed by atoms with Crippen molar-refractivity contribution >= 4 is 27.5 Å². The first kappa shape index (κ1) is 31.8. The van der Waals surface area contributed by atoms with E-state index >= 15 is 0 Å². The number of hydrogen-bond acceptors (Lipinski definition) is 4. The molecule has 0 saturated heterocycles. The van der Waals surface area contributed by atoms with Crippen LogP contribution in [0.3, 0.4) is 0 Å². The summed E-state index contributed by atoms with van der Waals surface area (Å²) in [5.41, 5.74) is 3.17. The lowest BCUT2D eigenvalue weighted by molar-refractivity contribution is -0.141. The van der Waals surface area contributed by atoms with Crippen LogP contribution in [-0.4, -0.2) is 43.3 Å². The molecule has 0 aliphatic carbocycles. The van der Waals surface area contributed by atoms with E-state index in [9.17, 15) is 22.4 Å². The third kappa shape index (κ3) is 8.16. The average molecular weight is 582 g/mol. The summed E-state index contributed by atoms with van der Waals surface area (Å²) in [7, 11) is -4.15. The summed E-state index contributed by atoms with van der Waals surface area (Å²) in [6, 6.07) is 16.5. The highest BCUT2D eigenvalue weighted by molar-refractivity contribution is 7.92. The van der Waals surface area contributed by atoms with E-state index < -0.39 is 39.9 Å². The van der Waals surface area contributed by atoms with E-state index in [4.69, 9.17) is 0 Å². The molecule has 0 aliphatic rings. The van der Waals surface area contributed by atoms with Crippen molar-refractivity contribution in [3.05, 3.63) is 94.8 Å². The molecule has 3 aromatic rings. The topological polar surface area (TPSA) is 86.8 Å². The van der Waals surface area contributed by atoms with Crippen LogP contribution in [0.25, 0.3) is 0 Å². The zero-order valence-electron chi connectivity index (χ0n) is 24.9. The zero-order chi connectivity index (χ0) is 30.5. The number of nitrogens with zero attached hydrogens (tertiary/aromatic N) is 2. The maximum Gasteiger partial charge on any atom is 0.264 e. The van der Waals surface area contributed by atoms with Crippen LogP contribution >= 0.6 is 0 Å². The number of amides is 2. The Morgan fingerprint density at radius 1 is 0.902 bits per heavy atom. The number of nitrogens with one attached hydrogen (secondary N) is 1. The number of halogens is 1. The second-order valence-corrected chi connectivity index (χ2v) is 13.3. The first-order chi connectivity index (χ1) is 19.1. The minimum Gasteiger partial charge on any atom is -0.350 e. The fraction of sp³-hybridized carbons (Fsp3) is 0.375. The molecule has 3 rings (SSSR count). The summed E-state index contributed by atoms with van der Waals surface area (Å²) >= 11 is 0. The predicted octanol–water partition coefficient (Wildman–Crippen LogP) is 5.67. The lowest BCUT2D eigenvalue weighted by Crippen LogP contribution is -2.55. The Bertz CT molecular complexity index is 1480. The maximum atomic E-state index is 14.1. The molecule has 0 aromatic heterocycles. The quantitative estimate of drug-likeness (QED) is 0.334. The van der Waals surface area contributed by atoms with E-state index in [-0.39, 0.29) is 17.3 Å². The maximum absolute atomic E-state index is 14.1. The second-order valence-electron chi connectivity index (χ2n) is 11.4. The lowest BCUT2D eigenvalue weighted by atomic mass is 10.1. The number of benzene rings is 3. The highest BCUT2D eigenvalue weighted by Gasteiger charge is 2.34. The minimum atomic E-state index is -4.15. The van der Waals surface area contributed by atoms with Crippen molar-refractivity contribution in [1.82, 2.24) is 10.2 Å². The number of rotatable bonds is 10. The van der Waals surface area contributed by atoms with Gasteiger partial charge in [0.25, 0.3) is 10.0 Å². The average Bonchev–Trinajstić information content (AvgIpc) is 2.89. The SMILES string of the molecule is CCC(C(=O)NC(C)(C)C)N(Cc1ccc(F)cc1)C(=O)CN(c1ccc(C)c(C)c1)S(=O)(=O)c1ccc(C)cc1. The molecular weight excluding hydrogens is 541 g/mol. The molecule has 220 valence electrons. The molecule has 0 aliphatic heterocycles. The number of hydrogen-bond donors (Lipinski definition) is 1. The van der Waals surface area contributed by atoms with Crippen LogP contribution in [0.15, 0.2) is 71.6 Å². The van der Waals surface area contributed by atoms with Crippen LogP contribution < -0.4 is 9.62 Å². The van der Waals surface area contributed by atoms with Gasteiger partial charge >= 0.3 is 0 Å². The molecule has 2 amide bonds. The van der Waals surface area contributed by atoms with E-state index in [2.05, 4.69) is 5.32 Å². The Morgan fingerprint density at radius 3 is 2.05 bits per heavy atom. The molecule has 0 spiro atoms. The van der Waals surface area contributed by atoms with Gasteiger partial charge in [-0.3, -0.25) is 13.9 Å².